The Bertz CT molecular complexity index is 1260. The predicted octanol–water partition coefficient (Wildman–Crippen LogP) is 9.99. The molecule has 0 amide bonds. The first-order valence-corrected chi connectivity index (χ1v) is 17.2. The van der Waals surface area contributed by atoms with Gasteiger partial charge in [0, 0.05) is 13.5 Å². The van der Waals surface area contributed by atoms with Gasteiger partial charge in [0.25, 0.3) is 0 Å². The fourth-order valence-corrected chi connectivity index (χ4v) is 9.99. The van der Waals surface area contributed by atoms with Crippen molar-refractivity contribution in [2.24, 2.45) is 71.0 Å². The second kappa shape index (κ2) is 13.7. The Morgan fingerprint density at radius 1 is 0.647 bits per heavy atom. The molecular weight excluding hydrogens is 713 g/mol. The molecule has 6 nitrogen and oxygen atoms in total. The minimum Gasteiger partial charge on any atom is -0.429 e. The second-order valence-electron chi connectivity index (χ2n) is 16.4. The summed E-state index contributed by atoms with van der Waals surface area (Å²) < 4.78 is 164. The van der Waals surface area contributed by atoms with Crippen LogP contribution < -0.4 is 0 Å². The molecule has 0 aliphatic heterocycles. The number of alkyl halides is 11. The van der Waals surface area contributed by atoms with Gasteiger partial charge in [0.15, 0.2) is 0 Å². The quantitative estimate of drug-likeness (QED) is 0.146. The van der Waals surface area contributed by atoms with E-state index in [9.17, 15) is 57.9 Å². The maximum atomic E-state index is 13.7. The van der Waals surface area contributed by atoms with Gasteiger partial charge in [-0.2, -0.15) is 39.5 Å². The molecule has 0 radical (unpaired) electrons. The molecule has 0 saturated heterocycles. The van der Waals surface area contributed by atoms with Crippen LogP contribution in [0.1, 0.15) is 80.6 Å². The maximum Gasteiger partial charge on any atom is 0.510 e. The Morgan fingerprint density at radius 3 is 1.61 bits per heavy atom. The molecule has 13 unspecified atom stereocenters. The standard InChI is InChI=1S/C18H26F6O3.C16H21F5O3/c1-9-10(2)13-7-11(9)6-12(13)8-16(17(19,20)21,18(22,23)24)27-14(25)26-15(3,4)5;1-6-7(2)9-4-8(6)10-5-11(12(9)10)13(22)24-15(23-3,14(17)18)16(19,20)21/h9-13H,6-8H2,1-5H3;6-12,14H,4-5H2,1-3H3. The van der Waals surface area contributed by atoms with Crippen molar-refractivity contribution in [1.82, 2.24) is 0 Å². The van der Waals surface area contributed by atoms with Crippen LogP contribution in [0.2, 0.25) is 0 Å². The normalized spacial score (nSPS) is 37.3. The van der Waals surface area contributed by atoms with E-state index in [1.54, 1.807) is 0 Å². The average molecular weight is 761 g/mol. The summed E-state index contributed by atoms with van der Waals surface area (Å²) in [7, 11) is 0.470. The van der Waals surface area contributed by atoms with Gasteiger partial charge in [-0.1, -0.05) is 27.7 Å². The van der Waals surface area contributed by atoms with Gasteiger partial charge >= 0.3 is 48.5 Å². The zero-order valence-corrected chi connectivity index (χ0v) is 29.6. The number of fused-ring (bicyclic) bond motifs is 7. The SMILES string of the molecule is CC1C2CC(CC(OC(=O)OC(C)(C)C)(C(F)(F)F)C(F)(F)F)C(C2)C1C.COC(OC(=O)C1CC2C3CC(C(C)C3C)C12)(C(F)F)C(F)(F)F. The van der Waals surface area contributed by atoms with E-state index < -0.39 is 72.3 Å². The van der Waals surface area contributed by atoms with Crippen LogP contribution in [0.4, 0.5) is 53.1 Å². The number of halogens is 11. The van der Waals surface area contributed by atoms with Gasteiger partial charge in [0.05, 0.1) is 5.92 Å². The van der Waals surface area contributed by atoms with Crippen LogP contribution in [0.25, 0.3) is 0 Å². The van der Waals surface area contributed by atoms with Gasteiger partial charge in [-0.05, 0) is 112 Å². The maximum absolute atomic E-state index is 13.7. The molecule has 0 aromatic heterocycles. The van der Waals surface area contributed by atoms with Crippen LogP contribution in [0.5, 0.6) is 0 Å². The van der Waals surface area contributed by atoms with Crippen LogP contribution >= 0.6 is 0 Å². The Labute approximate surface area is 289 Å². The highest BCUT2D eigenvalue weighted by Crippen LogP contribution is 2.68. The Kier molecular flexibility index (Phi) is 11.2. The van der Waals surface area contributed by atoms with Crippen molar-refractivity contribution in [2.75, 3.05) is 7.11 Å². The summed E-state index contributed by atoms with van der Waals surface area (Å²) in [5, 5.41) is 0. The molecule has 5 fully saturated rings. The molecule has 0 N–H and O–H groups in total. The summed E-state index contributed by atoms with van der Waals surface area (Å²) in [6, 6.07) is 0. The molecule has 13 atom stereocenters. The first kappa shape index (κ1) is 41.7. The van der Waals surface area contributed by atoms with Gasteiger partial charge in [-0.25, -0.2) is 13.6 Å². The fraction of sp³-hybridized carbons (Fsp3) is 0.941. The van der Waals surface area contributed by atoms with Crippen LogP contribution in [0.3, 0.4) is 0 Å². The van der Waals surface area contributed by atoms with E-state index >= 15 is 0 Å². The molecule has 5 saturated carbocycles. The fourth-order valence-electron chi connectivity index (χ4n) is 9.99. The van der Waals surface area contributed by atoms with Gasteiger partial charge < -0.3 is 18.9 Å². The molecule has 0 spiro atoms. The number of carbonyl (C=O) groups is 2. The van der Waals surface area contributed by atoms with Crippen LogP contribution in [0.15, 0.2) is 0 Å². The smallest absolute Gasteiger partial charge is 0.429 e. The molecule has 5 aliphatic rings. The van der Waals surface area contributed by atoms with Gasteiger partial charge in [0.2, 0.25) is 0 Å². The summed E-state index contributed by atoms with van der Waals surface area (Å²) in [5.41, 5.74) is -5.85. The van der Waals surface area contributed by atoms with Crippen LogP contribution in [-0.2, 0) is 23.7 Å². The van der Waals surface area contributed by atoms with Crippen LogP contribution in [0, 0.1) is 71.0 Å². The molecule has 296 valence electrons. The largest absolute Gasteiger partial charge is 0.510 e. The average Bonchev–Trinajstić information content (AvgIpc) is 3.63. The molecule has 0 aromatic carbocycles. The molecule has 4 bridgehead atoms. The number of ether oxygens (including phenoxy) is 4. The third kappa shape index (κ3) is 7.27. The van der Waals surface area contributed by atoms with E-state index in [0.29, 0.717) is 43.6 Å². The minimum absolute atomic E-state index is 0.0365. The second-order valence-corrected chi connectivity index (χ2v) is 16.4. The van der Waals surface area contributed by atoms with Crippen molar-refractivity contribution >= 4 is 12.1 Å². The van der Waals surface area contributed by atoms with E-state index in [0.717, 1.165) is 6.42 Å². The van der Waals surface area contributed by atoms with E-state index in [-0.39, 0.29) is 41.9 Å². The Balaban J connectivity index is 0.000000230. The van der Waals surface area contributed by atoms with Crippen molar-refractivity contribution < 1.29 is 76.8 Å². The minimum atomic E-state index is -5.81. The Morgan fingerprint density at radius 2 is 1.18 bits per heavy atom. The third-order valence-electron chi connectivity index (χ3n) is 12.9. The number of hydrogen-bond acceptors (Lipinski definition) is 6. The highest BCUT2D eigenvalue weighted by Gasteiger charge is 2.76. The first-order chi connectivity index (χ1) is 23.0. The van der Waals surface area contributed by atoms with Gasteiger partial charge in [0.1, 0.15) is 5.60 Å². The summed E-state index contributed by atoms with van der Waals surface area (Å²) in [6.07, 6.45) is -22.1. The molecular formula is C34H47F11O6. The first-order valence-electron chi connectivity index (χ1n) is 17.2. The van der Waals surface area contributed by atoms with Gasteiger partial charge in [-0.3, -0.25) is 4.79 Å². The number of hydrogen-bond donors (Lipinski definition) is 0. The molecule has 51 heavy (non-hydrogen) atoms. The van der Waals surface area contributed by atoms with E-state index in [1.807, 2.05) is 13.8 Å². The lowest BCUT2D eigenvalue weighted by atomic mass is 9.54. The summed E-state index contributed by atoms with van der Waals surface area (Å²) in [5.74, 6) is -4.89. The predicted molar refractivity (Wildman–Crippen MR) is 158 cm³/mol. The number of carbonyl (C=O) groups excluding carboxylic acids is 2. The molecule has 17 heteroatoms. The highest BCUT2D eigenvalue weighted by atomic mass is 19.4. The zero-order valence-electron chi connectivity index (χ0n) is 29.6. The van der Waals surface area contributed by atoms with Crippen molar-refractivity contribution in [1.29, 1.82) is 0 Å². The van der Waals surface area contributed by atoms with Crippen molar-refractivity contribution in [3.8, 4) is 0 Å². The van der Waals surface area contributed by atoms with Crippen molar-refractivity contribution in [2.45, 2.75) is 123 Å². The number of rotatable bonds is 7. The van der Waals surface area contributed by atoms with Crippen LogP contribution in [-0.4, -0.2) is 61.2 Å². The van der Waals surface area contributed by atoms with E-state index in [1.165, 1.54) is 20.8 Å². The summed E-state index contributed by atoms with van der Waals surface area (Å²) in [6.45, 7) is 12.1. The number of esters is 1. The van der Waals surface area contributed by atoms with Gasteiger partial charge in [-0.15, -0.1) is 0 Å². The lowest BCUT2D eigenvalue weighted by Crippen LogP contribution is -2.61. The molecule has 5 rings (SSSR count). The summed E-state index contributed by atoms with van der Waals surface area (Å²) >= 11 is 0. The molecule has 0 heterocycles. The monoisotopic (exact) mass is 760 g/mol. The third-order valence-corrected chi connectivity index (χ3v) is 12.9. The molecule has 0 aromatic rings. The topological polar surface area (TPSA) is 71.1 Å². The number of methoxy groups -OCH3 is 1. The highest BCUT2D eigenvalue weighted by molar-refractivity contribution is 5.75. The lowest BCUT2D eigenvalue weighted by Gasteiger charge is -2.50. The summed E-state index contributed by atoms with van der Waals surface area (Å²) in [4.78, 5) is 24.0. The lowest BCUT2D eigenvalue weighted by molar-refractivity contribution is -0.396. The van der Waals surface area contributed by atoms with E-state index in [2.05, 4.69) is 32.8 Å². The van der Waals surface area contributed by atoms with E-state index in [4.69, 9.17) is 0 Å². The van der Waals surface area contributed by atoms with Crippen molar-refractivity contribution in [3.63, 3.8) is 0 Å². The molecule has 5 aliphatic carbocycles. The zero-order chi connectivity index (χ0) is 39.0. The Hall–Kier alpha value is -2.07. The van der Waals surface area contributed by atoms with Crippen molar-refractivity contribution in [3.05, 3.63) is 0 Å².